The fraction of sp³-hybridized carbons (Fsp3) is 0.500. The van der Waals surface area contributed by atoms with Crippen LogP contribution in [0.25, 0.3) is 0 Å². The van der Waals surface area contributed by atoms with Crippen LogP contribution in [0.15, 0.2) is 12.1 Å². The second kappa shape index (κ2) is 7.11. The van der Waals surface area contributed by atoms with Crippen LogP contribution in [-0.2, 0) is 22.6 Å². The SMILES string of the molecule is COCc1ccc(CCON)c(OC)c1OC. The Kier molecular flexibility index (Phi) is 5.76. The van der Waals surface area contributed by atoms with Crippen molar-refractivity contribution in [1.82, 2.24) is 0 Å². The van der Waals surface area contributed by atoms with Crippen LogP contribution in [0.4, 0.5) is 0 Å². The Morgan fingerprint density at radius 2 is 1.59 bits per heavy atom. The minimum atomic E-state index is 0.434. The molecule has 5 nitrogen and oxygen atoms in total. The zero-order chi connectivity index (χ0) is 12.7. The summed E-state index contributed by atoms with van der Waals surface area (Å²) in [6, 6.07) is 3.92. The van der Waals surface area contributed by atoms with E-state index in [1.807, 2.05) is 12.1 Å². The molecular weight excluding hydrogens is 222 g/mol. The number of ether oxygens (including phenoxy) is 3. The van der Waals surface area contributed by atoms with Crippen molar-refractivity contribution < 1.29 is 19.0 Å². The number of hydrogen-bond acceptors (Lipinski definition) is 5. The Labute approximate surface area is 101 Å². The average molecular weight is 241 g/mol. The molecule has 1 aromatic carbocycles. The van der Waals surface area contributed by atoms with Gasteiger partial charge >= 0.3 is 0 Å². The first kappa shape index (κ1) is 13.8. The van der Waals surface area contributed by atoms with E-state index in [0.29, 0.717) is 31.1 Å². The Balaban J connectivity index is 3.08. The molecule has 0 spiro atoms. The summed E-state index contributed by atoms with van der Waals surface area (Å²) in [4.78, 5) is 4.58. The van der Waals surface area contributed by atoms with Gasteiger partial charge in [0.2, 0.25) is 0 Å². The maximum absolute atomic E-state index is 5.37. The van der Waals surface area contributed by atoms with Crippen molar-refractivity contribution in [2.75, 3.05) is 27.9 Å². The fourth-order valence-corrected chi connectivity index (χ4v) is 1.73. The Bertz CT molecular complexity index is 355. The van der Waals surface area contributed by atoms with E-state index in [-0.39, 0.29) is 0 Å². The lowest BCUT2D eigenvalue weighted by molar-refractivity contribution is 0.140. The molecule has 0 aliphatic carbocycles. The van der Waals surface area contributed by atoms with Crippen LogP contribution < -0.4 is 15.4 Å². The summed E-state index contributed by atoms with van der Waals surface area (Å²) < 4.78 is 15.8. The minimum Gasteiger partial charge on any atom is -0.493 e. The van der Waals surface area contributed by atoms with Crippen LogP contribution in [0.2, 0.25) is 0 Å². The van der Waals surface area contributed by atoms with E-state index in [9.17, 15) is 0 Å². The molecule has 0 fully saturated rings. The number of hydrogen-bond donors (Lipinski definition) is 1. The maximum Gasteiger partial charge on any atom is 0.166 e. The second-order valence-corrected chi connectivity index (χ2v) is 3.50. The van der Waals surface area contributed by atoms with Gasteiger partial charge in [0.1, 0.15) is 0 Å². The van der Waals surface area contributed by atoms with Gasteiger partial charge in [-0.2, -0.15) is 0 Å². The number of nitrogens with two attached hydrogens (primary N) is 1. The predicted octanol–water partition coefficient (Wildman–Crippen LogP) is 1.28. The summed E-state index contributed by atoms with van der Waals surface area (Å²) in [5.41, 5.74) is 1.94. The fourth-order valence-electron chi connectivity index (χ4n) is 1.73. The first-order valence-corrected chi connectivity index (χ1v) is 5.31. The van der Waals surface area contributed by atoms with Gasteiger partial charge in [-0.1, -0.05) is 12.1 Å². The van der Waals surface area contributed by atoms with E-state index in [2.05, 4.69) is 4.84 Å². The van der Waals surface area contributed by atoms with Crippen LogP contribution in [0.5, 0.6) is 11.5 Å². The molecular formula is C12H19NO4. The van der Waals surface area contributed by atoms with Crippen molar-refractivity contribution in [1.29, 1.82) is 0 Å². The van der Waals surface area contributed by atoms with Crippen molar-refractivity contribution >= 4 is 0 Å². The molecule has 0 aliphatic rings. The standard InChI is InChI=1S/C12H19NO4/c1-14-8-10-5-4-9(6-7-17-13)11(15-2)12(10)16-3/h4-5H,6-8,13H2,1-3H3. The van der Waals surface area contributed by atoms with Crippen molar-refractivity contribution in [3.63, 3.8) is 0 Å². The van der Waals surface area contributed by atoms with Crippen LogP contribution in [0.1, 0.15) is 11.1 Å². The molecule has 1 aromatic rings. The Morgan fingerprint density at radius 1 is 1.00 bits per heavy atom. The molecule has 0 radical (unpaired) electrons. The predicted molar refractivity (Wildman–Crippen MR) is 64.1 cm³/mol. The van der Waals surface area contributed by atoms with E-state index < -0.39 is 0 Å². The lowest BCUT2D eigenvalue weighted by Crippen LogP contribution is -2.06. The van der Waals surface area contributed by atoms with Gasteiger partial charge < -0.3 is 19.0 Å². The normalized spacial score (nSPS) is 10.4. The molecule has 0 saturated carbocycles. The monoisotopic (exact) mass is 241 g/mol. The first-order chi connectivity index (χ1) is 8.28. The van der Waals surface area contributed by atoms with Gasteiger partial charge in [-0.3, -0.25) is 0 Å². The maximum atomic E-state index is 5.37. The molecule has 2 N–H and O–H groups in total. The number of benzene rings is 1. The van der Waals surface area contributed by atoms with Crippen molar-refractivity contribution in [2.45, 2.75) is 13.0 Å². The summed E-state index contributed by atoms with van der Waals surface area (Å²) in [6.07, 6.45) is 0.670. The van der Waals surface area contributed by atoms with Gasteiger partial charge in [0.05, 0.1) is 27.4 Å². The molecule has 0 aromatic heterocycles. The molecule has 17 heavy (non-hydrogen) atoms. The molecule has 0 bridgehead atoms. The van der Waals surface area contributed by atoms with Crippen molar-refractivity contribution in [2.24, 2.45) is 5.90 Å². The average Bonchev–Trinajstić information content (AvgIpc) is 2.36. The molecule has 0 amide bonds. The van der Waals surface area contributed by atoms with Crippen LogP contribution >= 0.6 is 0 Å². The van der Waals surface area contributed by atoms with Gasteiger partial charge in [0.25, 0.3) is 0 Å². The Morgan fingerprint density at radius 3 is 2.12 bits per heavy atom. The third-order valence-corrected chi connectivity index (χ3v) is 2.47. The van der Waals surface area contributed by atoms with Gasteiger partial charge in [0, 0.05) is 24.7 Å². The first-order valence-electron chi connectivity index (χ1n) is 5.31. The van der Waals surface area contributed by atoms with E-state index in [4.69, 9.17) is 20.1 Å². The lowest BCUT2D eigenvalue weighted by atomic mass is 10.1. The quantitative estimate of drug-likeness (QED) is 0.729. The smallest absolute Gasteiger partial charge is 0.166 e. The van der Waals surface area contributed by atoms with Crippen LogP contribution in [0.3, 0.4) is 0 Å². The van der Waals surface area contributed by atoms with Gasteiger partial charge in [-0.05, 0) is 0 Å². The van der Waals surface area contributed by atoms with Crippen LogP contribution in [-0.4, -0.2) is 27.9 Å². The zero-order valence-corrected chi connectivity index (χ0v) is 10.5. The summed E-state index contributed by atoms with van der Waals surface area (Å²) in [7, 11) is 4.86. The summed E-state index contributed by atoms with van der Waals surface area (Å²) >= 11 is 0. The van der Waals surface area contributed by atoms with Gasteiger partial charge in [-0.15, -0.1) is 0 Å². The summed E-state index contributed by atoms with van der Waals surface area (Å²) in [5, 5.41) is 0. The topological polar surface area (TPSA) is 62.9 Å². The van der Waals surface area contributed by atoms with Crippen LogP contribution in [0, 0.1) is 0 Å². The van der Waals surface area contributed by atoms with Gasteiger partial charge in [-0.25, -0.2) is 5.90 Å². The molecule has 0 aliphatic heterocycles. The zero-order valence-electron chi connectivity index (χ0n) is 10.5. The van der Waals surface area contributed by atoms with Crippen molar-refractivity contribution in [3.05, 3.63) is 23.3 Å². The highest BCUT2D eigenvalue weighted by Crippen LogP contribution is 2.35. The molecule has 1 rings (SSSR count). The van der Waals surface area contributed by atoms with E-state index >= 15 is 0 Å². The highest BCUT2D eigenvalue weighted by molar-refractivity contribution is 5.52. The highest BCUT2D eigenvalue weighted by atomic mass is 16.6. The van der Waals surface area contributed by atoms with E-state index in [1.165, 1.54) is 0 Å². The third kappa shape index (κ3) is 3.33. The molecule has 0 heterocycles. The second-order valence-electron chi connectivity index (χ2n) is 3.50. The molecule has 5 heteroatoms. The number of rotatable bonds is 7. The van der Waals surface area contributed by atoms with Gasteiger partial charge in [0.15, 0.2) is 11.5 Å². The third-order valence-electron chi connectivity index (χ3n) is 2.47. The number of methoxy groups -OCH3 is 3. The lowest BCUT2D eigenvalue weighted by Gasteiger charge is -2.16. The van der Waals surface area contributed by atoms with E-state index in [0.717, 1.165) is 11.1 Å². The molecule has 0 saturated heterocycles. The summed E-state index contributed by atoms with van der Waals surface area (Å²) in [6.45, 7) is 0.913. The largest absolute Gasteiger partial charge is 0.493 e. The molecule has 0 atom stereocenters. The minimum absolute atomic E-state index is 0.434. The highest BCUT2D eigenvalue weighted by Gasteiger charge is 2.14. The summed E-state index contributed by atoms with van der Waals surface area (Å²) in [5.74, 6) is 6.43. The molecule has 0 unspecified atom stereocenters. The molecule has 96 valence electrons. The Hall–Kier alpha value is -1.30. The van der Waals surface area contributed by atoms with Crippen molar-refractivity contribution in [3.8, 4) is 11.5 Å². The van der Waals surface area contributed by atoms with E-state index in [1.54, 1.807) is 21.3 Å².